The first kappa shape index (κ1) is 16.6. The molecule has 1 aliphatic heterocycles. The molecule has 0 bridgehead atoms. The summed E-state index contributed by atoms with van der Waals surface area (Å²) in [6, 6.07) is 8.28. The largest absolute Gasteiger partial charge is 0.505 e. The van der Waals surface area contributed by atoms with E-state index in [1.165, 1.54) is 6.07 Å². The fourth-order valence-corrected chi connectivity index (χ4v) is 3.70. The summed E-state index contributed by atoms with van der Waals surface area (Å²) in [4.78, 5) is 19.1. The van der Waals surface area contributed by atoms with E-state index in [0.717, 1.165) is 24.2 Å². The van der Waals surface area contributed by atoms with Crippen LogP contribution in [0.1, 0.15) is 40.4 Å². The minimum Gasteiger partial charge on any atom is -0.505 e. The zero-order valence-electron chi connectivity index (χ0n) is 14.5. The lowest BCUT2D eigenvalue weighted by atomic mass is 9.90. The standard InChI is InChI=1S/C20H20FN3O2/c1-13-10-24-12-15(7-8-18(24)22-13)20(26)23-9-3-4-14(11-23)16-5-2-6-17(25)19(16)21/h2,5-8,10,12,14,25H,3-4,9,11H2,1H3. The number of phenols is 1. The first-order valence-corrected chi connectivity index (χ1v) is 8.75. The molecule has 0 aliphatic carbocycles. The van der Waals surface area contributed by atoms with Crippen molar-refractivity contribution in [2.45, 2.75) is 25.7 Å². The number of likely N-dealkylation sites (tertiary alicyclic amines) is 1. The molecular weight excluding hydrogens is 333 g/mol. The second kappa shape index (κ2) is 6.44. The number of phenolic OH excluding ortho intramolecular Hbond substituents is 1. The maximum Gasteiger partial charge on any atom is 0.255 e. The summed E-state index contributed by atoms with van der Waals surface area (Å²) >= 11 is 0. The topological polar surface area (TPSA) is 57.8 Å². The Bertz CT molecular complexity index is 982. The van der Waals surface area contributed by atoms with E-state index < -0.39 is 5.82 Å². The first-order chi connectivity index (χ1) is 12.5. The second-order valence-electron chi connectivity index (χ2n) is 6.84. The molecule has 0 radical (unpaired) electrons. The van der Waals surface area contributed by atoms with Crippen molar-refractivity contribution >= 4 is 11.6 Å². The quantitative estimate of drug-likeness (QED) is 0.767. The normalized spacial score (nSPS) is 17.6. The van der Waals surface area contributed by atoms with E-state index in [2.05, 4.69) is 4.98 Å². The maximum absolute atomic E-state index is 14.3. The van der Waals surface area contributed by atoms with E-state index in [-0.39, 0.29) is 17.6 Å². The van der Waals surface area contributed by atoms with Crippen LogP contribution in [0.15, 0.2) is 42.7 Å². The van der Waals surface area contributed by atoms with Crippen molar-refractivity contribution in [1.82, 2.24) is 14.3 Å². The van der Waals surface area contributed by atoms with Gasteiger partial charge in [0, 0.05) is 31.4 Å². The number of aromatic nitrogens is 2. The van der Waals surface area contributed by atoms with E-state index in [0.29, 0.717) is 24.2 Å². The van der Waals surface area contributed by atoms with Crippen LogP contribution in [-0.4, -0.2) is 38.4 Å². The number of carbonyl (C=O) groups excluding carboxylic acids is 1. The van der Waals surface area contributed by atoms with Gasteiger partial charge in [-0.3, -0.25) is 4.79 Å². The molecule has 2 aromatic heterocycles. The summed E-state index contributed by atoms with van der Waals surface area (Å²) in [6.45, 7) is 3.00. The minimum atomic E-state index is -0.581. The van der Waals surface area contributed by atoms with Crippen LogP contribution in [0.4, 0.5) is 4.39 Å². The SMILES string of the molecule is Cc1cn2cc(C(=O)N3CCCC(c4cccc(O)c4F)C3)ccc2n1. The van der Waals surface area contributed by atoms with Gasteiger partial charge in [-0.15, -0.1) is 0 Å². The molecule has 26 heavy (non-hydrogen) atoms. The van der Waals surface area contributed by atoms with Crippen LogP contribution < -0.4 is 0 Å². The van der Waals surface area contributed by atoms with Crippen molar-refractivity contribution in [3.8, 4) is 5.75 Å². The third-order valence-corrected chi connectivity index (χ3v) is 4.98. The van der Waals surface area contributed by atoms with Gasteiger partial charge in [0.25, 0.3) is 5.91 Å². The molecule has 0 saturated carbocycles. The van der Waals surface area contributed by atoms with Crippen LogP contribution in [0.25, 0.3) is 5.65 Å². The smallest absolute Gasteiger partial charge is 0.255 e. The molecule has 5 nitrogen and oxygen atoms in total. The van der Waals surface area contributed by atoms with Gasteiger partial charge in [0.15, 0.2) is 11.6 Å². The summed E-state index contributed by atoms with van der Waals surface area (Å²) in [5.41, 5.74) is 2.76. The van der Waals surface area contributed by atoms with Crippen LogP contribution in [-0.2, 0) is 0 Å². The Morgan fingerprint density at radius 2 is 2.12 bits per heavy atom. The number of benzene rings is 1. The number of pyridine rings is 1. The van der Waals surface area contributed by atoms with Gasteiger partial charge >= 0.3 is 0 Å². The zero-order valence-corrected chi connectivity index (χ0v) is 14.5. The number of halogens is 1. The number of hydrogen-bond donors (Lipinski definition) is 1. The molecule has 4 rings (SSSR count). The Morgan fingerprint density at radius 1 is 1.27 bits per heavy atom. The molecule has 3 aromatic rings. The minimum absolute atomic E-state index is 0.0662. The van der Waals surface area contributed by atoms with E-state index in [9.17, 15) is 14.3 Å². The Kier molecular flexibility index (Phi) is 4.11. The van der Waals surface area contributed by atoms with Crippen molar-refractivity contribution in [2.75, 3.05) is 13.1 Å². The lowest BCUT2D eigenvalue weighted by Crippen LogP contribution is -2.39. The van der Waals surface area contributed by atoms with Crippen LogP contribution in [0, 0.1) is 12.7 Å². The molecule has 1 N–H and O–H groups in total. The fraction of sp³-hybridized carbons (Fsp3) is 0.300. The molecule has 1 atom stereocenters. The van der Waals surface area contributed by atoms with Crippen LogP contribution in [0.5, 0.6) is 5.75 Å². The Labute approximate surface area is 150 Å². The number of amides is 1. The molecule has 3 heterocycles. The highest BCUT2D eigenvalue weighted by atomic mass is 19.1. The molecule has 134 valence electrons. The number of fused-ring (bicyclic) bond motifs is 1. The van der Waals surface area contributed by atoms with Crippen LogP contribution in [0.2, 0.25) is 0 Å². The molecule has 1 amide bonds. The van der Waals surface area contributed by atoms with Gasteiger partial charge in [0.05, 0.1) is 11.3 Å². The predicted octanol–water partition coefficient (Wildman–Crippen LogP) is 3.51. The summed E-state index contributed by atoms with van der Waals surface area (Å²) in [7, 11) is 0. The Hall–Kier alpha value is -2.89. The lowest BCUT2D eigenvalue weighted by molar-refractivity contribution is 0.0705. The van der Waals surface area contributed by atoms with E-state index >= 15 is 0 Å². The molecule has 1 fully saturated rings. The molecule has 1 unspecified atom stereocenters. The van der Waals surface area contributed by atoms with Gasteiger partial charge in [0.2, 0.25) is 0 Å². The van der Waals surface area contributed by atoms with Crippen molar-refractivity contribution in [3.05, 3.63) is 65.4 Å². The Balaban J connectivity index is 1.58. The molecule has 0 spiro atoms. The van der Waals surface area contributed by atoms with Gasteiger partial charge in [-0.05, 0) is 43.5 Å². The highest BCUT2D eigenvalue weighted by Crippen LogP contribution is 2.32. The van der Waals surface area contributed by atoms with Gasteiger partial charge < -0.3 is 14.4 Å². The van der Waals surface area contributed by atoms with Gasteiger partial charge in [-0.1, -0.05) is 12.1 Å². The number of hydrogen-bond acceptors (Lipinski definition) is 3. The number of carbonyl (C=O) groups is 1. The van der Waals surface area contributed by atoms with Gasteiger partial charge in [-0.25, -0.2) is 9.37 Å². The molecular formula is C20H20FN3O2. The highest BCUT2D eigenvalue weighted by molar-refractivity contribution is 5.94. The number of imidazole rings is 1. The fourth-order valence-electron chi connectivity index (χ4n) is 3.70. The summed E-state index contributed by atoms with van der Waals surface area (Å²) in [5, 5.41) is 9.62. The van der Waals surface area contributed by atoms with Gasteiger partial charge in [-0.2, -0.15) is 0 Å². The van der Waals surface area contributed by atoms with Gasteiger partial charge in [0.1, 0.15) is 5.65 Å². The predicted molar refractivity (Wildman–Crippen MR) is 95.9 cm³/mol. The average molecular weight is 353 g/mol. The lowest BCUT2D eigenvalue weighted by Gasteiger charge is -2.33. The number of piperidine rings is 1. The van der Waals surface area contributed by atoms with Crippen molar-refractivity contribution in [1.29, 1.82) is 0 Å². The Morgan fingerprint density at radius 3 is 2.96 bits per heavy atom. The van der Waals surface area contributed by atoms with E-state index in [1.807, 2.05) is 23.6 Å². The molecule has 6 heteroatoms. The van der Waals surface area contributed by atoms with Crippen LogP contribution in [0.3, 0.4) is 0 Å². The number of aromatic hydroxyl groups is 1. The third-order valence-electron chi connectivity index (χ3n) is 4.98. The zero-order chi connectivity index (χ0) is 18.3. The monoisotopic (exact) mass is 353 g/mol. The third kappa shape index (κ3) is 2.92. The maximum atomic E-state index is 14.3. The van der Waals surface area contributed by atoms with Crippen LogP contribution >= 0.6 is 0 Å². The van der Waals surface area contributed by atoms with Crippen molar-refractivity contribution in [3.63, 3.8) is 0 Å². The second-order valence-corrected chi connectivity index (χ2v) is 6.84. The summed E-state index contributed by atoms with van der Waals surface area (Å²) in [5.74, 6) is -1.10. The number of aryl methyl sites for hydroxylation is 1. The number of rotatable bonds is 2. The molecule has 1 saturated heterocycles. The number of nitrogens with zero attached hydrogens (tertiary/aromatic N) is 3. The molecule has 1 aliphatic rings. The summed E-state index contributed by atoms with van der Waals surface area (Å²) < 4.78 is 16.1. The van der Waals surface area contributed by atoms with Crippen molar-refractivity contribution < 1.29 is 14.3 Å². The highest BCUT2D eigenvalue weighted by Gasteiger charge is 2.28. The van der Waals surface area contributed by atoms with Crippen molar-refractivity contribution in [2.24, 2.45) is 0 Å². The summed E-state index contributed by atoms with van der Waals surface area (Å²) in [6.07, 6.45) is 5.27. The average Bonchev–Trinajstić information content (AvgIpc) is 3.02. The molecule has 1 aromatic carbocycles. The van der Waals surface area contributed by atoms with E-state index in [1.54, 1.807) is 29.3 Å². The van der Waals surface area contributed by atoms with E-state index in [4.69, 9.17) is 0 Å². The first-order valence-electron chi connectivity index (χ1n) is 8.75.